The normalized spacial score (nSPS) is 16.1. The van der Waals surface area contributed by atoms with Crippen molar-refractivity contribution in [2.45, 2.75) is 19.9 Å². The minimum absolute atomic E-state index is 0.0449. The van der Waals surface area contributed by atoms with E-state index in [1.54, 1.807) is 6.20 Å². The maximum atomic E-state index is 13.5. The Balaban J connectivity index is 1.30. The highest BCUT2D eigenvalue weighted by Crippen LogP contribution is 2.24. The standard InChI is InChI=1S/C29H30N4O2/c1-21-8-9-24(16-28(21)32-18-26-7-2-3-11-31-26)29(34)33-13-14-35-20-22(19-33)15-23-5-4-6-25-17-30-12-10-27(23)25/h2-12,16-17,22,32H,13-15,18-20H2,1H3/t22-/m1/s1. The molecule has 5 rings (SSSR count). The highest BCUT2D eigenvalue weighted by Gasteiger charge is 2.24. The number of amides is 1. The van der Waals surface area contributed by atoms with Gasteiger partial charge >= 0.3 is 0 Å². The Morgan fingerprint density at radius 2 is 2.06 bits per heavy atom. The van der Waals surface area contributed by atoms with Gasteiger partial charge in [-0.15, -0.1) is 0 Å². The summed E-state index contributed by atoms with van der Waals surface area (Å²) in [5.41, 5.74) is 4.97. The Hall–Kier alpha value is -3.77. The first-order valence-corrected chi connectivity index (χ1v) is 12.1. The van der Waals surface area contributed by atoms with Crippen LogP contribution in [0.5, 0.6) is 0 Å². The number of aryl methyl sites for hydroxylation is 1. The number of aromatic nitrogens is 2. The summed E-state index contributed by atoms with van der Waals surface area (Å²) in [5.74, 6) is 0.274. The molecule has 0 spiro atoms. The predicted molar refractivity (Wildman–Crippen MR) is 138 cm³/mol. The van der Waals surface area contributed by atoms with Crippen LogP contribution in [0.2, 0.25) is 0 Å². The van der Waals surface area contributed by atoms with E-state index in [1.165, 1.54) is 10.9 Å². The fourth-order valence-electron chi connectivity index (χ4n) is 4.68. The molecule has 6 nitrogen and oxygen atoms in total. The molecular weight excluding hydrogens is 436 g/mol. The van der Waals surface area contributed by atoms with Crippen LogP contribution in [0.4, 0.5) is 5.69 Å². The van der Waals surface area contributed by atoms with Crippen molar-refractivity contribution < 1.29 is 9.53 Å². The van der Waals surface area contributed by atoms with Crippen LogP contribution in [0.15, 0.2) is 79.3 Å². The van der Waals surface area contributed by atoms with Gasteiger partial charge in [0.2, 0.25) is 0 Å². The topological polar surface area (TPSA) is 67.4 Å². The Labute approximate surface area is 206 Å². The van der Waals surface area contributed by atoms with Gasteiger partial charge in [0.15, 0.2) is 0 Å². The maximum absolute atomic E-state index is 13.5. The average molecular weight is 467 g/mol. The van der Waals surface area contributed by atoms with Crippen LogP contribution in [0.25, 0.3) is 10.8 Å². The summed E-state index contributed by atoms with van der Waals surface area (Å²) in [6.07, 6.45) is 6.38. The molecule has 178 valence electrons. The van der Waals surface area contributed by atoms with Gasteiger partial charge in [0.25, 0.3) is 5.91 Å². The number of carbonyl (C=O) groups excluding carboxylic acids is 1. The van der Waals surface area contributed by atoms with Crippen molar-refractivity contribution in [3.63, 3.8) is 0 Å². The highest BCUT2D eigenvalue weighted by molar-refractivity contribution is 5.95. The van der Waals surface area contributed by atoms with Gasteiger partial charge in [-0.3, -0.25) is 14.8 Å². The van der Waals surface area contributed by atoms with E-state index in [9.17, 15) is 4.79 Å². The van der Waals surface area contributed by atoms with Gasteiger partial charge < -0.3 is 15.0 Å². The quantitative estimate of drug-likeness (QED) is 0.439. The minimum atomic E-state index is 0.0449. The monoisotopic (exact) mass is 466 g/mol. The third kappa shape index (κ3) is 5.49. The third-order valence-corrected chi connectivity index (χ3v) is 6.58. The lowest BCUT2D eigenvalue weighted by molar-refractivity contribution is 0.0737. The lowest BCUT2D eigenvalue weighted by Gasteiger charge is -2.24. The van der Waals surface area contributed by atoms with E-state index in [4.69, 9.17) is 4.74 Å². The average Bonchev–Trinajstić information content (AvgIpc) is 3.14. The van der Waals surface area contributed by atoms with E-state index in [-0.39, 0.29) is 11.8 Å². The summed E-state index contributed by atoms with van der Waals surface area (Å²) in [4.78, 5) is 24.1. The van der Waals surface area contributed by atoms with Crippen LogP contribution in [0, 0.1) is 12.8 Å². The first-order chi connectivity index (χ1) is 17.2. The molecule has 2 aromatic heterocycles. The van der Waals surface area contributed by atoms with Gasteiger partial charge in [0.1, 0.15) is 0 Å². The largest absolute Gasteiger partial charge is 0.379 e. The number of hydrogen-bond acceptors (Lipinski definition) is 5. The van der Waals surface area contributed by atoms with E-state index in [0.717, 1.165) is 28.8 Å². The Kier molecular flexibility index (Phi) is 7.00. The fourth-order valence-corrected chi connectivity index (χ4v) is 4.68. The summed E-state index contributed by atoms with van der Waals surface area (Å²) < 4.78 is 5.91. The van der Waals surface area contributed by atoms with Crippen molar-refractivity contribution in [2.24, 2.45) is 5.92 Å². The van der Waals surface area contributed by atoms with Crippen LogP contribution in [0.3, 0.4) is 0 Å². The molecule has 1 N–H and O–H groups in total. The van der Waals surface area contributed by atoms with Crippen molar-refractivity contribution >= 4 is 22.4 Å². The minimum Gasteiger partial charge on any atom is -0.379 e. The zero-order chi connectivity index (χ0) is 24.0. The molecule has 2 aromatic carbocycles. The molecule has 0 bridgehead atoms. The zero-order valence-corrected chi connectivity index (χ0v) is 20.0. The van der Waals surface area contributed by atoms with Gasteiger partial charge in [-0.25, -0.2) is 0 Å². The molecule has 0 aliphatic carbocycles. The molecule has 6 heteroatoms. The Morgan fingerprint density at radius 1 is 1.11 bits per heavy atom. The molecule has 3 heterocycles. The zero-order valence-electron chi connectivity index (χ0n) is 20.0. The molecule has 0 saturated carbocycles. The van der Waals surface area contributed by atoms with E-state index in [2.05, 4.69) is 39.6 Å². The SMILES string of the molecule is Cc1ccc(C(=O)N2CCOC[C@H](Cc3cccc4cnccc34)C2)cc1NCc1ccccn1. The predicted octanol–water partition coefficient (Wildman–Crippen LogP) is 4.88. The molecule has 1 aliphatic heterocycles. The summed E-state index contributed by atoms with van der Waals surface area (Å²) in [5, 5.41) is 5.79. The van der Waals surface area contributed by atoms with E-state index in [0.29, 0.717) is 38.4 Å². The lowest BCUT2D eigenvalue weighted by atomic mass is 9.95. The molecule has 1 amide bonds. The summed E-state index contributed by atoms with van der Waals surface area (Å²) in [7, 11) is 0. The van der Waals surface area contributed by atoms with Gasteiger partial charge in [-0.2, -0.15) is 0 Å². The van der Waals surface area contributed by atoms with Crippen LogP contribution in [-0.4, -0.2) is 47.1 Å². The molecular formula is C29H30N4O2. The van der Waals surface area contributed by atoms with Gasteiger partial charge in [0.05, 0.1) is 25.5 Å². The number of ether oxygens (including phenoxy) is 1. The smallest absolute Gasteiger partial charge is 0.254 e. The second kappa shape index (κ2) is 10.7. The van der Waals surface area contributed by atoms with Crippen molar-refractivity contribution in [1.82, 2.24) is 14.9 Å². The highest BCUT2D eigenvalue weighted by atomic mass is 16.5. The first-order valence-electron chi connectivity index (χ1n) is 12.1. The van der Waals surface area contributed by atoms with Crippen molar-refractivity contribution in [3.8, 4) is 0 Å². The Bertz CT molecular complexity index is 1300. The van der Waals surface area contributed by atoms with Gasteiger partial charge in [0, 0.05) is 54.2 Å². The number of carbonyl (C=O) groups is 1. The first kappa shape index (κ1) is 23.0. The third-order valence-electron chi connectivity index (χ3n) is 6.58. The van der Waals surface area contributed by atoms with E-state index in [1.807, 2.05) is 60.6 Å². The summed E-state index contributed by atoms with van der Waals surface area (Å²) in [6.45, 7) is 5.13. The number of hydrogen-bond donors (Lipinski definition) is 1. The molecule has 1 saturated heterocycles. The molecule has 1 aliphatic rings. The lowest BCUT2D eigenvalue weighted by Crippen LogP contribution is -2.36. The number of nitrogens with one attached hydrogen (secondary N) is 1. The Morgan fingerprint density at radius 3 is 2.94 bits per heavy atom. The number of nitrogens with zero attached hydrogens (tertiary/aromatic N) is 3. The maximum Gasteiger partial charge on any atom is 0.254 e. The molecule has 1 atom stereocenters. The van der Waals surface area contributed by atoms with Crippen LogP contribution in [-0.2, 0) is 17.7 Å². The molecule has 0 radical (unpaired) electrons. The number of anilines is 1. The molecule has 35 heavy (non-hydrogen) atoms. The van der Waals surface area contributed by atoms with Crippen LogP contribution >= 0.6 is 0 Å². The number of fused-ring (bicyclic) bond motifs is 1. The summed E-state index contributed by atoms with van der Waals surface area (Å²) in [6, 6.07) is 20.1. The van der Waals surface area contributed by atoms with Crippen LogP contribution in [0.1, 0.15) is 27.2 Å². The fraction of sp³-hybridized carbons (Fsp3) is 0.276. The van der Waals surface area contributed by atoms with Crippen LogP contribution < -0.4 is 5.32 Å². The van der Waals surface area contributed by atoms with E-state index < -0.39 is 0 Å². The molecule has 0 unspecified atom stereocenters. The summed E-state index contributed by atoms with van der Waals surface area (Å²) >= 11 is 0. The molecule has 4 aromatic rings. The number of rotatable bonds is 6. The van der Waals surface area contributed by atoms with Crippen molar-refractivity contribution in [2.75, 3.05) is 31.6 Å². The second-order valence-electron chi connectivity index (χ2n) is 9.11. The van der Waals surface area contributed by atoms with Crippen molar-refractivity contribution in [1.29, 1.82) is 0 Å². The van der Waals surface area contributed by atoms with Gasteiger partial charge in [-0.05, 0) is 60.2 Å². The second-order valence-corrected chi connectivity index (χ2v) is 9.11. The number of benzene rings is 2. The van der Waals surface area contributed by atoms with Crippen molar-refractivity contribution in [3.05, 3.63) is 102 Å². The van der Waals surface area contributed by atoms with Gasteiger partial charge in [-0.1, -0.05) is 30.3 Å². The number of pyridine rings is 2. The van der Waals surface area contributed by atoms with E-state index >= 15 is 0 Å². The molecule has 1 fully saturated rings.